The summed E-state index contributed by atoms with van der Waals surface area (Å²) in [7, 11) is 1.52. The summed E-state index contributed by atoms with van der Waals surface area (Å²) >= 11 is 12.0. The molecule has 0 aromatic heterocycles. The van der Waals surface area contributed by atoms with Gasteiger partial charge in [0.25, 0.3) is 5.91 Å². The molecule has 20 heavy (non-hydrogen) atoms. The van der Waals surface area contributed by atoms with Crippen LogP contribution in [0.3, 0.4) is 0 Å². The molecule has 0 unspecified atom stereocenters. The molecular weight excluding hydrogens is 297 g/mol. The van der Waals surface area contributed by atoms with E-state index in [1.54, 1.807) is 36.4 Å². The lowest BCUT2D eigenvalue weighted by molar-refractivity contribution is 0.102. The topological polar surface area (TPSA) is 38.3 Å². The predicted molar refractivity (Wildman–Crippen MR) is 82.1 cm³/mol. The first-order valence-corrected chi connectivity index (χ1v) is 6.68. The van der Waals surface area contributed by atoms with Crippen molar-refractivity contribution in [3.05, 3.63) is 57.6 Å². The maximum absolute atomic E-state index is 12.2. The van der Waals surface area contributed by atoms with Gasteiger partial charge in [-0.1, -0.05) is 35.3 Å². The van der Waals surface area contributed by atoms with Crippen molar-refractivity contribution in [1.82, 2.24) is 0 Å². The Morgan fingerprint density at radius 3 is 2.50 bits per heavy atom. The van der Waals surface area contributed by atoms with Crippen LogP contribution in [0.4, 0.5) is 5.69 Å². The number of amides is 1. The number of aryl methyl sites for hydroxylation is 1. The van der Waals surface area contributed by atoms with Gasteiger partial charge in [0, 0.05) is 11.1 Å². The van der Waals surface area contributed by atoms with E-state index in [4.69, 9.17) is 27.9 Å². The molecule has 2 aromatic rings. The van der Waals surface area contributed by atoms with Crippen molar-refractivity contribution < 1.29 is 9.53 Å². The Morgan fingerprint density at radius 2 is 1.85 bits per heavy atom. The van der Waals surface area contributed by atoms with Crippen molar-refractivity contribution >= 4 is 34.8 Å². The third-order valence-electron chi connectivity index (χ3n) is 2.85. The smallest absolute Gasteiger partial charge is 0.257 e. The van der Waals surface area contributed by atoms with Gasteiger partial charge in [-0.05, 0) is 30.7 Å². The monoisotopic (exact) mass is 309 g/mol. The lowest BCUT2D eigenvalue weighted by Crippen LogP contribution is -2.13. The molecule has 1 amide bonds. The van der Waals surface area contributed by atoms with Crippen LogP contribution in [0.1, 0.15) is 15.9 Å². The van der Waals surface area contributed by atoms with Gasteiger partial charge in [0.05, 0.1) is 23.4 Å². The van der Waals surface area contributed by atoms with Gasteiger partial charge in [0.15, 0.2) is 0 Å². The maximum atomic E-state index is 12.2. The average Bonchev–Trinajstić information content (AvgIpc) is 2.43. The van der Waals surface area contributed by atoms with Crippen LogP contribution in [-0.2, 0) is 0 Å². The number of halogens is 2. The number of hydrogen-bond donors (Lipinski definition) is 1. The molecule has 0 heterocycles. The van der Waals surface area contributed by atoms with Crippen LogP contribution >= 0.6 is 23.2 Å². The van der Waals surface area contributed by atoms with E-state index in [0.717, 1.165) is 5.56 Å². The van der Waals surface area contributed by atoms with Crippen molar-refractivity contribution in [1.29, 1.82) is 0 Å². The number of carbonyl (C=O) groups excluding carboxylic acids is 1. The first-order chi connectivity index (χ1) is 9.52. The predicted octanol–water partition coefficient (Wildman–Crippen LogP) is 4.56. The summed E-state index contributed by atoms with van der Waals surface area (Å²) in [6.45, 7) is 1.85. The molecule has 0 aliphatic rings. The summed E-state index contributed by atoms with van der Waals surface area (Å²) in [6, 6.07) is 10.3. The standard InChI is InChI=1S/C15H13Cl2NO2/c1-9-7-13(14(20-2)8-12(9)17)18-15(19)10-5-3-4-6-11(10)16/h3-8H,1-2H3,(H,18,19). The minimum Gasteiger partial charge on any atom is -0.495 e. The van der Waals surface area contributed by atoms with Gasteiger partial charge in [-0.25, -0.2) is 0 Å². The highest BCUT2D eigenvalue weighted by atomic mass is 35.5. The van der Waals surface area contributed by atoms with E-state index in [1.165, 1.54) is 7.11 Å². The molecule has 3 nitrogen and oxygen atoms in total. The first kappa shape index (κ1) is 14.7. The highest BCUT2D eigenvalue weighted by molar-refractivity contribution is 6.34. The third kappa shape index (κ3) is 3.06. The van der Waals surface area contributed by atoms with Crippen LogP contribution in [0.5, 0.6) is 5.75 Å². The average molecular weight is 310 g/mol. The fourth-order valence-electron chi connectivity index (χ4n) is 1.76. The van der Waals surface area contributed by atoms with E-state index in [1.807, 2.05) is 6.92 Å². The SMILES string of the molecule is COc1cc(Cl)c(C)cc1NC(=O)c1ccccc1Cl. The minimum absolute atomic E-state index is 0.296. The lowest BCUT2D eigenvalue weighted by atomic mass is 10.1. The summed E-state index contributed by atoms with van der Waals surface area (Å²) < 4.78 is 5.22. The zero-order valence-electron chi connectivity index (χ0n) is 11.0. The van der Waals surface area contributed by atoms with E-state index < -0.39 is 0 Å². The van der Waals surface area contributed by atoms with E-state index in [0.29, 0.717) is 27.0 Å². The summed E-state index contributed by atoms with van der Waals surface area (Å²) in [5.74, 6) is 0.205. The van der Waals surface area contributed by atoms with Crippen LogP contribution in [0.15, 0.2) is 36.4 Å². The summed E-state index contributed by atoms with van der Waals surface area (Å²) in [4.78, 5) is 12.2. The molecule has 0 aliphatic heterocycles. The highest BCUT2D eigenvalue weighted by Gasteiger charge is 2.13. The van der Waals surface area contributed by atoms with Crippen LogP contribution in [0, 0.1) is 6.92 Å². The zero-order chi connectivity index (χ0) is 14.7. The molecule has 2 aromatic carbocycles. The van der Waals surface area contributed by atoms with E-state index >= 15 is 0 Å². The molecule has 0 aliphatic carbocycles. The highest BCUT2D eigenvalue weighted by Crippen LogP contribution is 2.31. The molecule has 0 bridgehead atoms. The largest absolute Gasteiger partial charge is 0.495 e. The van der Waals surface area contributed by atoms with Crippen molar-refractivity contribution in [3.63, 3.8) is 0 Å². The second-order valence-electron chi connectivity index (χ2n) is 4.24. The van der Waals surface area contributed by atoms with Gasteiger partial charge >= 0.3 is 0 Å². The number of benzene rings is 2. The van der Waals surface area contributed by atoms with Crippen molar-refractivity contribution in [2.45, 2.75) is 6.92 Å². The zero-order valence-corrected chi connectivity index (χ0v) is 12.5. The van der Waals surface area contributed by atoms with Gasteiger partial charge in [-0.2, -0.15) is 0 Å². The second kappa shape index (κ2) is 6.16. The number of anilines is 1. The Bertz CT molecular complexity index is 656. The fraction of sp³-hybridized carbons (Fsp3) is 0.133. The quantitative estimate of drug-likeness (QED) is 0.902. The lowest BCUT2D eigenvalue weighted by Gasteiger charge is -2.12. The van der Waals surface area contributed by atoms with Crippen LogP contribution in [-0.4, -0.2) is 13.0 Å². The van der Waals surface area contributed by atoms with Crippen molar-refractivity contribution in [3.8, 4) is 5.75 Å². The number of nitrogens with one attached hydrogen (secondary N) is 1. The second-order valence-corrected chi connectivity index (χ2v) is 5.05. The number of methoxy groups -OCH3 is 1. The molecule has 0 saturated heterocycles. The molecule has 1 N–H and O–H groups in total. The Hall–Kier alpha value is -1.71. The number of ether oxygens (including phenoxy) is 1. The Kier molecular flexibility index (Phi) is 4.53. The minimum atomic E-state index is -0.296. The maximum Gasteiger partial charge on any atom is 0.257 e. The molecule has 2 rings (SSSR count). The molecule has 0 atom stereocenters. The van der Waals surface area contributed by atoms with Gasteiger partial charge in [0.2, 0.25) is 0 Å². The Morgan fingerprint density at radius 1 is 1.15 bits per heavy atom. The fourth-order valence-corrected chi connectivity index (χ4v) is 2.14. The van der Waals surface area contributed by atoms with Gasteiger partial charge in [-0.3, -0.25) is 4.79 Å². The van der Waals surface area contributed by atoms with E-state index in [2.05, 4.69) is 5.32 Å². The van der Waals surface area contributed by atoms with Gasteiger partial charge in [-0.15, -0.1) is 0 Å². The summed E-state index contributed by atoms with van der Waals surface area (Å²) in [5, 5.41) is 3.76. The van der Waals surface area contributed by atoms with Crippen molar-refractivity contribution in [2.24, 2.45) is 0 Å². The van der Waals surface area contributed by atoms with Gasteiger partial charge in [0.1, 0.15) is 5.75 Å². The van der Waals surface area contributed by atoms with E-state index in [9.17, 15) is 4.79 Å². The molecular formula is C15H13Cl2NO2. The van der Waals surface area contributed by atoms with Crippen LogP contribution < -0.4 is 10.1 Å². The Balaban J connectivity index is 2.33. The molecule has 0 spiro atoms. The normalized spacial score (nSPS) is 10.2. The molecule has 0 fully saturated rings. The van der Waals surface area contributed by atoms with Crippen LogP contribution in [0.25, 0.3) is 0 Å². The molecule has 104 valence electrons. The first-order valence-electron chi connectivity index (χ1n) is 5.93. The molecule has 5 heteroatoms. The third-order valence-corrected chi connectivity index (χ3v) is 3.58. The molecule has 0 saturated carbocycles. The van der Waals surface area contributed by atoms with Crippen molar-refractivity contribution in [2.75, 3.05) is 12.4 Å². The van der Waals surface area contributed by atoms with Gasteiger partial charge < -0.3 is 10.1 Å². The summed E-state index contributed by atoms with van der Waals surface area (Å²) in [6.07, 6.45) is 0. The van der Waals surface area contributed by atoms with E-state index in [-0.39, 0.29) is 5.91 Å². The number of carbonyl (C=O) groups is 1. The number of rotatable bonds is 3. The number of hydrogen-bond acceptors (Lipinski definition) is 2. The Labute approximate surface area is 127 Å². The summed E-state index contributed by atoms with van der Waals surface area (Å²) in [5.41, 5.74) is 1.81. The molecule has 0 radical (unpaired) electrons. The van der Waals surface area contributed by atoms with Crippen LogP contribution in [0.2, 0.25) is 10.0 Å².